The normalized spacial score (nSPS) is 16.1. The number of rotatable bonds is 5. The summed E-state index contributed by atoms with van der Waals surface area (Å²) in [6.45, 7) is 10.2. The minimum Gasteiger partial charge on any atom is -0.387 e. The number of nitrogens with one attached hydrogen (secondary N) is 1. The van der Waals surface area contributed by atoms with Gasteiger partial charge in [0, 0.05) is 31.5 Å². The molecule has 1 aliphatic rings. The van der Waals surface area contributed by atoms with Crippen LogP contribution in [-0.2, 0) is 0 Å². The van der Waals surface area contributed by atoms with Crippen molar-refractivity contribution >= 4 is 28.5 Å². The van der Waals surface area contributed by atoms with Gasteiger partial charge in [-0.25, -0.2) is 9.37 Å². The summed E-state index contributed by atoms with van der Waals surface area (Å²) in [5.74, 6) is 0.643. The third-order valence-electron chi connectivity index (χ3n) is 5.27. The second-order valence-corrected chi connectivity index (χ2v) is 8.23. The van der Waals surface area contributed by atoms with E-state index in [0.29, 0.717) is 34.4 Å². The molecule has 1 amide bonds. The summed E-state index contributed by atoms with van der Waals surface area (Å²) in [6.07, 6.45) is 1.92. The van der Waals surface area contributed by atoms with Gasteiger partial charge in [-0.05, 0) is 57.4 Å². The van der Waals surface area contributed by atoms with E-state index >= 15 is 0 Å². The number of nitrogens with zero attached hydrogens (tertiary/aromatic N) is 3. The number of hydrogen-bond acceptors (Lipinski definition) is 4. The standard InChI is InChI=1S/C22H30FN5O.H2/c1-13(2)12-25-17-7-9-28(10-8-17)21-18(22(29)26-15(4)24)11-16-5-6-19(23)14(3)20(16)27-21;/h5-6,11,13,17,25H,7-10,12H2,1-4H3,(H2,24,26,29);1H. The lowest BCUT2D eigenvalue weighted by Gasteiger charge is -2.34. The lowest BCUT2D eigenvalue weighted by Crippen LogP contribution is -2.44. The average molecular weight is 402 g/mol. The van der Waals surface area contributed by atoms with Crippen LogP contribution in [0.3, 0.4) is 0 Å². The first kappa shape index (κ1) is 21.2. The van der Waals surface area contributed by atoms with E-state index in [1.165, 1.54) is 6.07 Å². The third kappa shape index (κ3) is 4.90. The SMILES string of the molecule is CC(N)=NC(=O)c1cc2ccc(F)c(C)c2nc1N1CCC(NCC(C)C)CC1.[HH]. The summed E-state index contributed by atoms with van der Waals surface area (Å²) < 4.78 is 14.1. The molecule has 1 aliphatic heterocycles. The minimum atomic E-state index is -0.420. The molecule has 0 saturated carbocycles. The number of anilines is 1. The number of hydrogen-bond donors (Lipinski definition) is 2. The van der Waals surface area contributed by atoms with Gasteiger partial charge in [0.2, 0.25) is 0 Å². The number of aryl methyl sites for hydroxylation is 1. The summed E-state index contributed by atoms with van der Waals surface area (Å²) in [5, 5.41) is 4.32. The van der Waals surface area contributed by atoms with Gasteiger partial charge >= 0.3 is 0 Å². The van der Waals surface area contributed by atoms with Crippen LogP contribution in [0.4, 0.5) is 10.2 Å². The molecule has 1 aromatic heterocycles. The number of carbonyl (C=O) groups excluding carboxylic acids is 1. The Labute approximate surface area is 172 Å². The van der Waals surface area contributed by atoms with Crippen molar-refractivity contribution in [3.8, 4) is 0 Å². The second-order valence-electron chi connectivity index (χ2n) is 8.23. The number of piperidine rings is 1. The van der Waals surface area contributed by atoms with Gasteiger partial charge in [-0.2, -0.15) is 4.99 Å². The van der Waals surface area contributed by atoms with Crippen molar-refractivity contribution in [2.24, 2.45) is 16.6 Å². The largest absolute Gasteiger partial charge is 0.387 e. The molecule has 0 unspecified atom stereocenters. The van der Waals surface area contributed by atoms with Gasteiger partial charge in [-0.3, -0.25) is 4.79 Å². The van der Waals surface area contributed by atoms with Gasteiger partial charge in [-0.15, -0.1) is 0 Å². The molecule has 3 rings (SSSR count). The highest BCUT2D eigenvalue weighted by Gasteiger charge is 2.25. The molecule has 3 N–H and O–H groups in total. The highest BCUT2D eigenvalue weighted by Crippen LogP contribution is 2.29. The fraction of sp³-hybridized carbons (Fsp3) is 0.500. The van der Waals surface area contributed by atoms with Gasteiger partial charge in [0.25, 0.3) is 5.91 Å². The Kier molecular flexibility index (Phi) is 6.47. The number of halogens is 1. The Morgan fingerprint density at radius 3 is 2.72 bits per heavy atom. The van der Waals surface area contributed by atoms with Gasteiger partial charge in [0.15, 0.2) is 0 Å². The van der Waals surface area contributed by atoms with Crippen LogP contribution in [0.15, 0.2) is 23.2 Å². The number of amides is 1. The molecule has 7 heteroatoms. The first-order valence-corrected chi connectivity index (χ1v) is 10.2. The predicted octanol–water partition coefficient (Wildman–Crippen LogP) is 3.66. The fourth-order valence-corrected chi connectivity index (χ4v) is 3.66. The lowest BCUT2D eigenvalue weighted by molar-refractivity contribution is 0.100. The summed E-state index contributed by atoms with van der Waals surface area (Å²) in [4.78, 5) is 23.5. The summed E-state index contributed by atoms with van der Waals surface area (Å²) in [6, 6.07) is 5.25. The molecule has 29 heavy (non-hydrogen) atoms. The van der Waals surface area contributed by atoms with Crippen molar-refractivity contribution in [1.82, 2.24) is 10.3 Å². The molecule has 0 aliphatic carbocycles. The van der Waals surface area contributed by atoms with Gasteiger partial charge in [-0.1, -0.05) is 13.8 Å². The third-order valence-corrected chi connectivity index (χ3v) is 5.27. The molecule has 0 spiro atoms. The Morgan fingerprint density at radius 2 is 2.10 bits per heavy atom. The van der Waals surface area contributed by atoms with Crippen LogP contribution >= 0.6 is 0 Å². The molecule has 0 bridgehead atoms. The Morgan fingerprint density at radius 1 is 1.41 bits per heavy atom. The summed E-state index contributed by atoms with van der Waals surface area (Å²) >= 11 is 0. The van der Waals surface area contributed by atoms with Crippen molar-refractivity contribution in [2.75, 3.05) is 24.5 Å². The highest BCUT2D eigenvalue weighted by molar-refractivity contribution is 6.07. The zero-order chi connectivity index (χ0) is 21.1. The van der Waals surface area contributed by atoms with Crippen molar-refractivity contribution in [3.63, 3.8) is 0 Å². The first-order chi connectivity index (χ1) is 13.8. The average Bonchev–Trinajstić information content (AvgIpc) is 2.68. The second kappa shape index (κ2) is 8.86. The number of pyridine rings is 1. The van der Waals surface area contributed by atoms with Crippen LogP contribution in [-0.4, -0.2) is 42.4 Å². The van der Waals surface area contributed by atoms with Crippen LogP contribution < -0.4 is 16.0 Å². The van der Waals surface area contributed by atoms with Gasteiger partial charge in [0.1, 0.15) is 17.5 Å². The number of nitrogens with two attached hydrogens (primary N) is 1. The van der Waals surface area contributed by atoms with E-state index < -0.39 is 5.91 Å². The van der Waals surface area contributed by atoms with Crippen LogP contribution in [0, 0.1) is 18.7 Å². The van der Waals surface area contributed by atoms with Crippen molar-refractivity contribution in [2.45, 2.75) is 46.6 Å². The fourth-order valence-electron chi connectivity index (χ4n) is 3.66. The maximum Gasteiger partial charge on any atom is 0.282 e. The van der Waals surface area contributed by atoms with Crippen LogP contribution in [0.2, 0.25) is 0 Å². The smallest absolute Gasteiger partial charge is 0.282 e. The molecule has 1 saturated heterocycles. The maximum atomic E-state index is 14.1. The molecule has 1 fully saturated rings. The minimum absolute atomic E-state index is 0. The van der Waals surface area contributed by atoms with Gasteiger partial charge < -0.3 is 16.0 Å². The van der Waals surface area contributed by atoms with Crippen LogP contribution in [0.1, 0.15) is 51.0 Å². The number of amidine groups is 1. The molecule has 2 heterocycles. The lowest BCUT2D eigenvalue weighted by atomic mass is 10.0. The number of fused-ring (bicyclic) bond motifs is 1. The summed E-state index contributed by atoms with van der Waals surface area (Å²) in [7, 11) is 0. The Hall–Kier alpha value is -2.54. The number of carbonyl (C=O) groups is 1. The predicted molar refractivity (Wildman–Crippen MR) is 118 cm³/mol. The van der Waals surface area contributed by atoms with E-state index in [1.807, 2.05) is 0 Å². The van der Waals surface area contributed by atoms with Crippen LogP contribution in [0.5, 0.6) is 0 Å². The van der Waals surface area contributed by atoms with Crippen molar-refractivity contribution < 1.29 is 10.6 Å². The molecular weight excluding hydrogens is 369 g/mol. The topological polar surface area (TPSA) is 83.6 Å². The van der Waals surface area contributed by atoms with Crippen LogP contribution in [0.25, 0.3) is 10.9 Å². The van der Waals surface area contributed by atoms with Crippen molar-refractivity contribution in [1.29, 1.82) is 0 Å². The molecule has 158 valence electrons. The molecular formula is C22H32FN5O. The van der Waals surface area contributed by atoms with E-state index in [9.17, 15) is 9.18 Å². The Bertz CT molecular complexity index is 935. The van der Waals surface area contributed by atoms with Crippen molar-refractivity contribution in [3.05, 3.63) is 35.1 Å². The number of aromatic nitrogens is 1. The van der Waals surface area contributed by atoms with E-state index in [0.717, 1.165) is 37.9 Å². The van der Waals surface area contributed by atoms with E-state index in [1.54, 1.807) is 26.0 Å². The molecule has 0 radical (unpaired) electrons. The first-order valence-electron chi connectivity index (χ1n) is 10.2. The summed E-state index contributed by atoms with van der Waals surface area (Å²) in [5.41, 5.74) is 7.09. The monoisotopic (exact) mass is 401 g/mol. The number of aliphatic imine (C=N–C) groups is 1. The van der Waals surface area contributed by atoms with Gasteiger partial charge in [0.05, 0.1) is 11.1 Å². The van der Waals surface area contributed by atoms with E-state index in [4.69, 9.17) is 10.7 Å². The zero-order valence-electron chi connectivity index (χ0n) is 17.6. The zero-order valence-corrected chi connectivity index (χ0v) is 17.6. The number of benzene rings is 1. The molecule has 1 aromatic carbocycles. The van der Waals surface area contributed by atoms with E-state index in [2.05, 4.69) is 29.1 Å². The quantitative estimate of drug-likeness (QED) is 0.590. The molecule has 6 nitrogen and oxygen atoms in total. The maximum absolute atomic E-state index is 14.1. The molecule has 0 atom stereocenters. The Balaban J connectivity index is 0.00000320. The molecule has 2 aromatic rings. The van der Waals surface area contributed by atoms with E-state index in [-0.39, 0.29) is 13.1 Å². The highest BCUT2D eigenvalue weighted by atomic mass is 19.1.